The van der Waals surface area contributed by atoms with E-state index in [0.717, 1.165) is 19.4 Å². The fraction of sp³-hybridized carbons (Fsp3) is 0.533. The van der Waals surface area contributed by atoms with E-state index in [1.165, 1.54) is 11.1 Å². The van der Waals surface area contributed by atoms with Crippen molar-refractivity contribution in [2.75, 3.05) is 6.54 Å². The number of hydrogen-bond donors (Lipinski definition) is 0. The molecule has 1 aromatic rings. The van der Waals surface area contributed by atoms with E-state index in [1.54, 1.807) is 0 Å². The third kappa shape index (κ3) is 1.17. The van der Waals surface area contributed by atoms with Gasteiger partial charge in [0.25, 0.3) is 0 Å². The summed E-state index contributed by atoms with van der Waals surface area (Å²) in [6, 6.07) is 8.42. The minimum Gasteiger partial charge on any atom is -0.440 e. The zero-order valence-electron chi connectivity index (χ0n) is 11.2. The summed E-state index contributed by atoms with van der Waals surface area (Å²) >= 11 is 0. The number of benzene rings is 1. The van der Waals surface area contributed by atoms with Crippen LogP contribution in [0, 0.1) is 0 Å². The zero-order valence-corrected chi connectivity index (χ0v) is 11.2. The maximum atomic E-state index is 12.1. The Morgan fingerprint density at radius 2 is 2.06 bits per heavy atom. The van der Waals surface area contributed by atoms with Crippen molar-refractivity contribution < 1.29 is 9.53 Å². The van der Waals surface area contributed by atoms with Gasteiger partial charge < -0.3 is 4.74 Å². The average molecular weight is 245 g/mol. The lowest BCUT2D eigenvalue weighted by Crippen LogP contribution is -2.55. The van der Waals surface area contributed by atoms with Gasteiger partial charge in [0, 0.05) is 6.54 Å². The Morgan fingerprint density at radius 1 is 1.33 bits per heavy atom. The topological polar surface area (TPSA) is 29.5 Å². The van der Waals surface area contributed by atoms with Crippen LogP contribution in [0.5, 0.6) is 0 Å². The number of fused-ring (bicyclic) bond motifs is 3. The molecule has 0 aromatic heterocycles. The highest BCUT2D eigenvalue weighted by Gasteiger charge is 2.61. The second kappa shape index (κ2) is 3.50. The molecule has 18 heavy (non-hydrogen) atoms. The summed E-state index contributed by atoms with van der Waals surface area (Å²) < 4.78 is 5.69. The summed E-state index contributed by atoms with van der Waals surface area (Å²) in [4.78, 5) is 14.0. The SMILES string of the molecule is CC[C@]1(C)OC(=O)N2CCc3ccccc3[C@@]21C. The molecule has 1 saturated heterocycles. The number of carbonyl (C=O) groups is 1. The van der Waals surface area contributed by atoms with Crippen LogP contribution in [-0.4, -0.2) is 23.1 Å². The Hall–Kier alpha value is -1.51. The van der Waals surface area contributed by atoms with Gasteiger partial charge >= 0.3 is 6.09 Å². The van der Waals surface area contributed by atoms with E-state index in [4.69, 9.17) is 4.74 Å². The Kier molecular flexibility index (Phi) is 2.25. The van der Waals surface area contributed by atoms with Crippen LogP contribution in [0.15, 0.2) is 24.3 Å². The van der Waals surface area contributed by atoms with Crippen molar-refractivity contribution in [3.05, 3.63) is 35.4 Å². The third-order valence-corrected chi connectivity index (χ3v) is 4.92. The molecule has 3 nitrogen and oxygen atoms in total. The van der Waals surface area contributed by atoms with Gasteiger partial charge in [-0.3, -0.25) is 4.90 Å². The predicted octanol–water partition coefficient (Wildman–Crippen LogP) is 3.08. The lowest BCUT2D eigenvalue weighted by molar-refractivity contribution is -0.00115. The van der Waals surface area contributed by atoms with E-state index < -0.39 is 5.60 Å². The summed E-state index contributed by atoms with van der Waals surface area (Å²) in [5.41, 5.74) is 1.80. The number of nitrogens with zero attached hydrogens (tertiary/aromatic N) is 1. The van der Waals surface area contributed by atoms with Crippen molar-refractivity contribution in [1.82, 2.24) is 4.90 Å². The zero-order chi connectivity index (χ0) is 13.0. The molecule has 2 atom stereocenters. The van der Waals surface area contributed by atoms with Gasteiger partial charge in [-0.15, -0.1) is 0 Å². The molecule has 3 rings (SSSR count). The smallest absolute Gasteiger partial charge is 0.411 e. The molecule has 2 heterocycles. The van der Waals surface area contributed by atoms with Crippen LogP contribution in [0.25, 0.3) is 0 Å². The average Bonchev–Trinajstić information content (AvgIpc) is 2.58. The number of cyclic esters (lactones) is 1. The van der Waals surface area contributed by atoms with Crippen LogP contribution in [0.2, 0.25) is 0 Å². The van der Waals surface area contributed by atoms with Gasteiger partial charge in [0.15, 0.2) is 0 Å². The summed E-state index contributed by atoms with van der Waals surface area (Å²) in [5.74, 6) is 0. The van der Waals surface area contributed by atoms with Crippen molar-refractivity contribution in [1.29, 1.82) is 0 Å². The summed E-state index contributed by atoms with van der Waals surface area (Å²) in [6.07, 6.45) is 1.57. The largest absolute Gasteiger partial charge is 0.440 e. The molecule has 2 aliphatic heterocycles. The Morgan fingerprint density at radius 3 is 2.78 bits per heavy atom. The first kappa shape index (κ1) is 11.6. The first-order valence-corrected chi connectivity index (χ1v) is 6.62. The second-order valence-corrected chi connectivity index (χ2v) is 5.58. The highest BCUT2D eigenvalue weighted by Crippen LogP contribution is 2.51. The molecule has 0 radical (unpaired) electrons. The van der Waals surface area contributed by atoms with Crippen molar-refractivity contribution >= 4 is 6.09 Å². The van der Waals surface area contributed by atoms with Crippen molar-refractivity contribution in [2.45, 2.75) is 44.8 Å². The first-order valence-electron chi connectivity index (χ1n) is 6.62. The number of ether oxygens (including phenoxy) is 1. The molecular formula is C15H19NO2. The molecule has 96 valence electrons. The van der Waals surface area contributed by atoms with Gasteiger partial charge in [-0.25, -0.2) is 4.79 Å². The van der Waals surface area contributed by atoms with E-state index >= 15 is 0 Å². The maximum absolute atomic E-state index is 12.1. The fourth-order valence-corrected chi connectivity index (χ4v) is 3.42. The standard InChI is InChI=1S/C15H19NO2/c1-4-14(2)15(3)12-8-6-5-7-11(12)9-10-16(15)13(17)18-14/h5-8H,4,9-10H2,1-3H3/t14-,15+/m0/s1. The normalized spacial score (nSPS) is 33.9. The Labute approximate surface area is 108 Å². The van der Waals surface area contributed by atoms with E-state index in [0.29, 0.717) is 0 Å². The van der Waals surface area contributed by atoms with Crippen LogP contribution < -0.4 is 0 Å². The van der Waals surface area contributed by atoms with E-state index in [2.05, 4.69) is 32.0 Å². The van der Waals surface area contributed by atoms with Crippen LogP contribution in [0.1, 0.15) is 38.3 Å². The number of hydrogen-bond acceptors (Lipinski definition) is 2. The van der Waals surface area contributed by atoms with Gasteiger partial charge in [0.2, 0.25) is 0 Å². The molecule has 2 aliphatic rings. The quantitative estimate of drug-likeness (QED) is 0.761. The van der Waals surface area contributed by atoms with E-state index in [9.17, 15) is 4.79 Å². The fourth-order valence-electron chi connectivity index (χ4n) is 3.42. The van der Waals surface area contributed by atoms with Crippen LogP contribution in [0.3, 0.4) is 0 Å². The minimum atomic E-state index is -0.444. The van der Waals surface area contributed by atoms with Gasteiger partial charge in [-0.2, -0.15) is 0 Å². The Bertz CT molecular complexity index is 513. The molecule has 1 amide bonds. The van der Waals surface area contributed by atoms with Crippen LogP contribution in [0.4, 0.5) is 4.79 Å². The molecule has 0 saturated carbocycles. The lowest BCUT2D eigenvalue weighted by atomic mass is 9.71. The van der Waals surface area contributed by atoms with Gasteiger partial charge in [0.1, 0.15) is 11.1 Å². The molecule has 0 spiro atoms. The number of amides is 1. The molecule has 3 heteroatoms. The molecular weight excluding hydrogens is 226 g/mol. The highest BCUT2D eigenvalue weighted by atomic mass is 16.6. The van der Waals surface area contributed by atoms with Crippen molar-refractivity contribution in [2.24, 2.45) is 0 Å². The molecule has 0 N–H and O–H groups in total. The monoisotopic (exact) mass is 245 g/mol. The predicted molar refractivity (Wildman–Crippen MR) is 69.4 cm³/mol. The van der Waals surface area contributed by atoms with Crippen molar-refractivity contribution in [3.8, 4) is 0 Å². The minimum absolute atomic E-state index is 0.170. The first-order chi connectivity index (χ1) is 8.53. The molecule has 0 bridgehead atoms. The van der Waals surface area contributed by atoms with E-state index in [-0.39, 0.29) is 11.6 Å². The Balaban J connectivity index is 2.23. The van der Waals surface area contributed by atoms with Crippen LogP contribution >= 0.6 is 0 Å². The number of carbonyl (C=O) groups excluding carboxylic acids is 1. The number of rotatable bonds is 1. The van der Waals surface area contributed by atoms with Crippen LogP contribution in [-0.2, 0) is 16.7 Å². The molecule has 1 fully saturated rings. The summed E-state index contributed by atoms with van der Waals surface area (Å²) in [5, 5.41) is 0. The van der Waals surface area contributed by atoms with Gasteiger partial charge in [-0.05, 0) is 37.8 Å². The third-order valence-electron chi connectivity index (χ3n) is 4.92. The van der Waals surface area contributed by atoms with Crippen molar-refractivity contribution in [3.63, 3.8) is 0 Å². The summed E-state index contributed by atoms with van der Waals surface area (Å²) in [6.45, 7) is 7.02. The molecule has 0 aliphatic carbocycles. The summed E-state index contributed by atoms with van der Waals surface area (Å²) in [7, 11) is 0. The van der Waals surface area contributed by atoms with Gasteiger partial charge in [0.05, 0.1) is 0 Å². The maximum Gasteiger partial charge on any atom is 0.411 e. The van der Waals surface area contributed by atoms with Gasteiger partial charge in [-0.1, -0.05) is 31.2 Å². The molecule has 1 aromatic carbocycles. The van der Waals surface area contributed by atoms with E-state index in [1.807, 2.05) is 17.9 Å². The molecule has 0 unspecified atom stereocenters. The highest BCUT2D eigenvalue weighted by molar-refractivity contribution is 5.74. The second-order valence-electron chi connectivity index (χ2n) is 5.58. The lowest BCUT2D eigenvalue weighted by Gasteiger charge is -2.45.